The maximum atomic E-state index is 13.0. The van der Waals surface area contributed by atoms with Gasteiger partial charge in [-0.3, -0.25) is 9.69 Å². The second kappa shape index (κ2) is 8.86. The van der Waals surface area contributed by atoms with Gasteiger partial charge in [0.2, 0.25) is 15.9 Å². The largest absolute Gasteiger partial charge is 0.486 e. The zero-order valence-corrected chi connectivity index (χ0v) is 18.6. The van der Waals surface area contributed by atoms with Crippen molar-refractivity contribution in [2.45, 2.75) is 18.7 Å². The van der Waals surface area contributed by atoms with Crippen molar-refractivity contribution in [3.8, 4) is 11.5 Å². The number of fused-ring (bicyclic) bond motifs is 1. The quantitative estimate of drug-likeness (QED) is 0.758. The van der Waals surface area contributed by atoms with Gasteiger partial charge in [0, 0.05) is 37.9 Å². The van der Waals surface area contributed by atoms with Crippen LogP contribution in [0.5, 0.6) is 11.5 Å². The van der Waals surface area contributed by atoms with Gasteiger partial charge >= 0.3 is 0 Å². The van der Waals surface area contributed by atoms with E-state index in [1.165, 1.54) is 10.4 Å². The van der Waals surface area contributed by atoms with E-state index in [1.54, 1.807) is 12.1 Å². The molecule has 2 aromatic rings. The van der Waals surface area contributed by atoms with E-state index in [0.717, 1.165) is 16.8 Å². The number of hydrogen-bond acceptors (Lipinski definition) is 6. The van der Waals surface area contributed by atoms with Crippen LogP contribution in [0.3, 0.4) is 0 Å². The molecule has 2 heterocycles. The molecule has 2 aromatic carbocycles. The van der Waals surface area contributed by atoms with Crippen LogP contribution in [0, 0.1) is 13.8 Å². The predicted molar refractivity (Wildman–Crippen MR) is 117 cm³/mol. The number of amides is 1. The van der Waals surface area contributed by atoms with Crippen molar-refractivity contribution in [3.63, 3.8) is 0 Å². The summed E-state index contributed by atoms with van der Waals surface area (Å²) in [5, 5.41) is 2.93. The topological polar surface area (TPSA) is 88.2 Å². The first kappa shape index (κ1) is 21.6. The third-order valence-electron chi connectivity index (χ3n) is 5.36. The van der Waals surface area contributed by atoms with Gasteiger partial charge in [0.05, 0.1) is 11.4 Å². The van der Waals surface area contributed by atoms with Crippen molar-refractivity contribution >= 4 is 21.6 Å². The van der Waals surface area contributed by atoms with Gasteiger partial charge in [0.15, 0.2) is 11.5 Å². The molecule has 0 spiro atoms. The van der Waals surface area contributed by atoms with Crippen molar-refractivity contribution in [1.29, 1.82) is 0 Å². The Morgan fingerprint density at radius 2 is 1.58 bits per heavy atom. The van der Waals surface area contributed by atoms with Gasteiger partial charge in [-0.25, -0.2) is 8.42 Å². The molecule has 0 unspecified atom stereocenters. The van der Waals surface area contributed by atoms with Crippen LogP contribution in [0.15, 0.2) is 41.3 Å². The van der Waals surface area contributed by atoms with Gasteiger partial charge in [0.25, 0.3) is 0 Å². The molecule has 4 rings (SSSR count). The zero-order valence-electron chi connectivity index (χ0n) is 17.8. The number of sulfonamides is 1. The van der Waals surface area contributed by atoms with Crippen LogP contribution in [-0.4, -0.2) is 69.5 Å². The van der Waals surface area contributed by atoms with Crippen LogP contribution in [0.4, 0.5) is 5.69 Å². The van der Waals surface area contributed by atoms with Gasteiger partial charge in [-0.1, -0.05) is 6.07 Å². The highest BCUT2D eigenvalue weighted by Crippen LogP contribution is 2.33. The van der Waals surface area contributed by atoms with Crippen molar-refractivity contribution < 1.29 is 22.7 Å². The summed E-state index contributed by atoms with van der Waals surface area (Å²) < 4.78 is 38.5. The lowest BCUT2D eigenvalue weighted by Crippen LogP contribution is -2.50. The number of rotatable bonds is 5. The van der Waals surface area contributed by atoms with Gasteiger partial charge < -0.3 is 14.8 Å². The van der Waals surface area contributed by atoms with E-state index in [4.69, 9.17) is 9.47 Å². The Kier molecular flexibility index (Phi) is 6.17. The first-order valence-corrected chi connectivity index (χ1v) is 11.8. The average molecular weight is 446 g/mol. The van der Waals surface area contributed by atoms with Crippen LogP contribution < -0.4 is 14.8 Å². The molecule has 0 radical (unpaired) electrons. The average Bonchev–Trinajstić information content (AvgIpc) is 2.73. The standard InChI is InChI=1S/C22H27N3O5S/c1-16-11-17(2)13-18(12-16)23-22(26)15-24-5-7-25(8-6-24)31(27,28)19-3-4-20-21(14-19)30-10-9-29-20/h3-4,11-14H,5-10,15H2,1-2H3,(H,23,26). The van der Waals surface area contributed by atoms with Crippen LogP contribution >= 0.6 is 0 Å². The normalized spacial score (nSPS) is 17.4. The van der Waals surface area contributed by atoms with Crippen LogP contribution in [0.2, 0.25) is 0 Å². The highest BCUT2D eigenvalue weighted by Gasteiger charge is 2.30. The molecular formula is C22H27N3O5S. The predicted octanol–water partition coefficient (Wildman–Crippen LogP) is 2.02. The van der Waals surface area contributed by atoms with Crippen LogP contribution in [-0.2, 0) is 14.8 Å². The Balaban J connectivity index is 1.34. The Morgan fingerprint density at radius 3 is 2.26 bits per heavy atom. The lowest BCUT2D eigenvalue weighted by atomic mass is 10.1. The number of benzene rings is 2. The summed E-state index contributed by atoms with van der Waals surface area (Å²) in [5.41, 5.74) is 2.96. The summed E-state index contributed by atoms with van der Waals surface area (Å²) in [5.74, 6) is 0.909. The summed E-state index contributed by atoms with van der Waals surface area (Å²) in [4.78, 5) is 14.6. The second-order valence-corrected chi connectivity index (χ2v) is 9.85. The molecule has 2 aliphatic rings. The minimum absolute atomic E-state index is 0.104. The van der Waals surface area contributed by atoms with Crippen LogP contribution in [0.25, 0.3) is 0 Å². The third-order valence-corrected chi connectivity index (χ3v) is 7.25. The number of ether oxygens (including phenoxy) is 2. The number of nitrogens with zero attached hydrogens (tertiary/aromatic N) is 2. The van der Waals surface area contributed by atoms with Crippen molar-refractivity contribution in [2.75, 3.05) is 51.3 Å². The molecule has 1 saturated heterocycles. The van der Waals surface area contributed by atoms with Gasteiger partial charge in [-0.2, -0.15) is 4.31 Å². The lowest BCUT2D eigenvalue weighted by molar-refractivity contribution is -0.117. The van der Waals surface area contributed by atoms with E-state index in [2.05, 4.69) is 11.4 Å². The Bertz CT molecular complexity index is 1060. The molecule has 0 aliphatic carbocycles. The minimum Gasteiger partial charge on any atom is -0.486 e. The second-order valence-electron chi connectivity index (χ2n) is 7.91. The summed E-state index contributed by atoms with van der Waals surface area (Å²) in [6, 6.07) is 10.6. The fourth-order valence-corrected chi connectivity index (χ4v) is 5.35. The molecule has 0 atom stereocenters. The third kappa shape index (κ3) is 5.00. The van der Waals surface area contributed by atoms with Crippen molar-refractivity contribution in [1.82, 2.24) is 9.21 Å². The van der Waals surface area contributed by atoms with E-state index in [0.29, 0.717) is 50.9 Å². The molecule has 31 heavy (non-hydrogen) atoms. The SMILES string of the molecule is Cc1cc(C)cc(NC(=O)CN2CCN(S(=O)(=O)c3ccc4c(c3)OCCO4)CC2)c1. The van der Waals surface area contributed by atoms with E-state index in [1.807, 2.05) is 30.9 Å². The van der Waals surface area contributed by atoms with Crippen molar-refractivity contribution in [2.24, 2.45) is 0 Å². The molecule has 1 amide bonds. The number of piperazine rings is 1. The van der Waals surface area contributed by atoms with E-state index >= 15 is 0 Å². The summed E-state index contributed by atoms with van der Waals surface area (Å²) in [6.45, 7) is 6.70. The molecule has 8 nitrogen and oxygen atoms in total. The van der Waals surface area contributed by atoms with Crippen LogP contribution in [0.1, 0.15) is 11.1 Å². The van der Waals surface area contributed by atoms with E-state index in [-0.39, 0.29) is 17.3 Å². The molecule has 0 saturated carbocycles. The highest BCUT2D eigenvalue weighted by atomic mass is 32.2. The fourth-order valence-electron chi connectivity index (χ4n) is 3.91. The molecule has 2 aliphatic heterocycles. The summed E-state index contributed by atoms with van der Waals surface area (Å²) in [7, 11) is -3.63. The molecule has 1 fully saturated rings. The van der Waals surface area contributed by atoms with E-state index < -0.39 is 10.0 Å². The summed E-state index contributed by atoms with van der Waals surface area (Å²) >= 11 is 0. The monoisotopic (exact) mass is 445 g/mol. The van der Waals surface area contributed by atoms with E-state index in [9.17, 15) is 13.2 Å². The van der Waals surface area contributed by atoms with Gasteiger partial charge in [-0.15, -0.1) is 0 Å². The number of anilines is 1. The maximum Gasteiger partial charge on any atom is 0.243 e. The van der Waals surface area contributed by atoms with Gasteiger partial charge in [0.1, 0.15) is 13.2 Å². The van der Waals surface area contributed by atoms with Crippen molar-refractivity contribution in [3.05, 3.63) is 47.5 Å². The molecule has 166 valence electrons. The zero-order chi connectivity index (χ0) is 22.0. The number of nitrogens with one attached hydrogen (secondary N) is 1. The molecule has 1 N–H and O–H groups in total. The Morgan fingerprint density at radius 1 is 0.935 bits per heavy atom. The molecular weight excluding hydrogens is 418 g/mol. The maximum absolute atomic E-state index is 13.0. The Hall–Kier alpha value is -2.62. The fraction of sp³-hybridized carbons (Fsp3) is 0.409. The highest BCUT2D eigenvalue weighted by molar-refractivity contribution is 7.89. The smallest absolute Gasteiger partial charge is 0.243 e. The number of aryl methyl sites for hydroxylation is 2. The number of carbonyl (C=O) groups excluding carboxylic acids is 1. The molecule has 9 heteroatoms. The summed E-state index contributed by atoms with van der Waals surface area (Å²) in [6.07, 6.45) is 0. The first-order valence-electron chi connectivity index (χ1n) is 10.3. The number of hydrogen-bond donors (Lipinski definition) is 1. The first-order chi connectivity index (χ1) is 14.8. The molecule has 0 bridgehead atoms. The van der Waals surface area contributed by atoms with Gasteiger partial charge in [-0.05, 0) is 49.2 Å². The lowest BCUT2D eigenvalue weighted by Gasteiger charge is -2.33. The molecule has 0 aromatic heterocycles. The minimum atomic E-state index is -3.63. The Labute approximate surface area is 182 Å². The number of carbonyl (C=O) groups is 1.